The molecule has 0 aliphatic rings. The highest BCUT2D eigenvalue weighted by Crippen LogP contribution is 2.19. The smallest absolute Gasteiger partial charge is 0.410 e. The molecule has 0 atom stereocenters. The van der Waals surface area contributed by atoms with Crippen LogP contribution in [-0.4, -0.2) is 92.5 Å². The Bertz CT molecular complexity index is 1080. The van der Waals surface area contributed by atoms with Crippen molar-refractivity contribution >= 4 is 51.7 Å². The van der Waals surface area contributed by atoms with Crippen molar-refractivity contribution in [2.45, 2.75) is 84.8 Å². The standard InChI is InChI=1S/C25H39N7O6S2/c1-24(2,3)37-22(35)31(7)14-16(33)13-20-29-27-18(39-20)11-9-10-12-19-28-30-21(40-19)26-17(34)15-32(8)23(36)38-25(4,5)6/h9-15H2,1-8H3,(H,26,30,34). The molecule has 0 aliphatic carbocycles. The zero-order valence-corrected chi connectivity index (χ0v) is 26.0. The van der Waals surface area contributed by atoms with Crippen LogP contribution in [0.2, 0.25) is 0 Å². The lowest BCUT2D eigenvalue weighted by Crippen LogP contribution is -2.38. The van der Waals surface area contributed by atoms with Crippen LogP contribution in [0.4, 0.5) is 14.7 Å². The van der Waals surface area contributed by atoms with Crippen LogP contribution in [0.15, 0.2) is 0 Å². The predicted octanol–water partition coefficient (Wildman–Crippen LogP) is 3.74. The van der Waals surface area contributed by atoms with Gasteiger partial charge in [0, 0.05) is 26.9 Å². The molecule has 0 unspecified atom stereocenters. The molecule has 2 heterocycles. The van der Waals surface area contributed by atoms with Gasteiger partial charge in [0.2, 0.25) is 11.0 Å². The van der Waals surface area contributed by atoms with E-state index in [0.717, 1.165) is 22.9 Å². The van der Waals surface area contributed by atoms with Gasteiger partial charge in [-0.1, -0.05) is 11.3 Å². The molecule has 0 saturated heterocycles. The van der Waals surface area contributed by atoms with Crippen LogP contribution in [0.3, 0.4) is 0 Å². The SMILES string of the molecule is CN(CC(=O)Cc1nnc(CCCCc2nnc(NC(=O)CN(C)C(=O)OC(C)(C)C)s2)s1)C(=O)OC(C)(C)C. The second kappa shape index (κ2) is 14.4. The van der Waals surface area contributed by atoms with E-state index < -0.39 is 29.3 Å². The minimum absolute atomic E-state index is 0.0610. The third-order valence-electron chi connectivity index (χ3n) is 4.81. The van der Waals surface area contributed by atoms with E-state index in [4.69, 9.17) is 9.47 Å². The topological polar surface area (TPSA) is 157 Å². The molecule has 0 aromatic carbocycles. The highest BCUT2D eigenvalue weighted by molar-refractivity contribution is 7.15. The van der Waals surface area contributed by atoms with E-state index in [1.54, 1.807) is 41.5 Å². The molecule has 0 aliphatic heterocycles. The van der Waals surface area contributed by atoms with Crippen molar-refractivity contribution in [3.63, 3.8) is 0 Å². The van der Waals surface area contributed by atoms with Crippen molar-refractivity contribution in [1.82, 2.24) is 30.2 Å². The van der Waals surface area contributed by atoms with Crippen LogP contribution >= 0.6 is 22.7 Å². The first-order valence-corrected chi connectivity index (χ1v) is 14.5. The number of nitrogens with one attached hydrogen (secondary N) is 1. The van der Waals surface area contributed by atoms with Crippen molar-refractivity contribution in [3.05, 3.63) is 15.0 Å². The van der Waals surface area contributed by atoms with Crippen molar-refractivity contribution in [2.75, 3.05) is 32.5 Å². The Morgan fingerprint density at radius 2 is 1.20 bits per heavy atom. The number of carbonyl (C=O) groups excluding carboxylic acids is 4. The Balaban J connectivity index is 1.69. The summed E-state index contributed by atoms with van der Waals surface area (Å²) in [5.41, 5.74) is -1.27. The number of rotatable bonds is 12. The van der Waals surface area contributed by atoms with Gasteiger partial charge in [-0.3, -0.25) is 14.9 Å². The normalized spacial score (nSPS) is 11.6. The van der Waals surface area contributed by atoms with Crippen molar-refractivity contribution in [1.29, 1.82) is 0 Å². The third-order valence-corrected chi connectivity index (χ3v) is 6.69. The molecule has 2 rings (SSSR count). The van der Waals surface area contributed by atoms with E-state index >= 15 is 0 Å². The molecule has 0 bridgehead atoms. The number of hydrogen-bond donors (Lipinski definition) is 1. The number of anilines is 1. The summed E-state index contributed by atoms with van der Waals surface area (Å²) in [4.78, 5) is 51.1. The highest BCUT2D eigenvalue weighted by Gasteiger charge is 2.23. The number of unbranched alkanes of at least 4 members (excludes halogenated alkanes) is 1. The van der Waals surface area contributed by atoms with Crippen molar-refractivity contribution < 1.29 is 28.7 Å². The van der Waals surface area contributed by atoms with Gasteiger partial charge in [0.05, 0.1) is 13.0 Å². The summed E-state index contributed by atoms with van der Waals surface area (Å²) < 4.78 is 10.5. The Morgan fingerprint density at radius 1 is 0.725 bits per heavy atom. The number of ether oxygens (including phenoxy) is 2. The monoisotopic (exact) mass is 597 g/mol. The fourth-order valence-corrected chi connectivity index (χ4v) is 4.80. The van der Waals surface area contributed by atoms with Gasteiger partial charge in [-0.2, -0.15) is 0 Å². The molecule has 0 radical (unpaired) electrons. The molecule has 3 amide bonds. The molecule has 2 aromatic heterocycles. The molecular formula is C25H39N7O6S2. The molecule has 222 valence electrons. The summed E-state index contributed by atoms with van der Waals surface area (Å²) in [6, 6.07) is 0. The van der Waals surface area contributed by atoms with Crippen molar-refractivity contribution in [3.8, 4) is 0 Å². The lowest BCUT2D eigenvalue weighted by molar-refractivity contribution is -0.119. The van der Waals surface area contributed by atoms with Crippen LogP contribution in [0, 0.1) is 0 Å². The van der Waals surface area contributed by atoms with Crippen LogP contribution in [-0.2, 0) is 38.3 Å². The highest BCUT2D eigenvalue weighted by atomic mass is 32.1. The first-order chi connectivity index (χ1) is 18.5. The van der Waals surface area contributed by atoms with Crippen LogP contribution in [0.1, 0.15) is 69.4 Å². The lowest BCUT2D eigenvalue weighted by Gasteiger charge is -2.24. The first-order valence-electron chi connectivity index (χ1n) is 12.8. The van der Waals surface area contributed by atoms with E-state index in [1.807, 2.05) is 0 Å². The van der Waals surface area contributed by atoms with E-state index in [0.29, 0.717) is 23.0 Å². The average molecular weight is 598 g/mol. The minimum atomic E-state index is -0.644. The fourth-order valence-electron chi connectivity index (χ4n) is 3.09. The molecule has 13 nitrogen and oxygen atoms in total. The number of ketones is 1. The fraction of sp³-hybridized carbons (Fsp3) is 0.680. The van der Waals surface area contributed by atoms with Crippen LogP contribution in [0.5, 0.6) is 0 Å². The summed E-state index contributed by atoms with van der Waals surface area (Å²) in [7, 11) is 3.01. The van der Waals surface area contributed by atoms with Crippen LogP contribution in [0.25, 0.3) is 0 Å². The molecule has 15 heteroatoms. The van der Waals surface area contributed by atoms with Gasteiger partial charge in [-0.15, -0.1) is 31.7 Å². The summed E-state index contributed by atoms with van der Waals surface area (Å²) in [5, 5.41) is 21.7. The van der Waals surface area contributed by atoms with E-state index in [1.165, 1.54) is 46.6 Å². The van der Waals surface area contributed by atoms with Gasteiger partial charge >= 0.3 is 12.2 Å². The molecule has 40 heavy (non-hydrogen) atoms. The third kappa shape index (κ3) is 12.8. The maximum Gasteiger partial charge on any atom is 0.410 e. The number of Topliss-reactive ketones (excluding diaryl/α,β-unsaturated/α-hetero) is 1. The van der Waals surface area contributed by atoms with Gasteiger partial charge in [-0.05, 0) is 54.4 Å². The zero-order chi connectivity index (χ0) is 30.1. The Kier molecular flexibility index (Phi) is 11.9. The van der Waals surface area contributed by atoms with E-state index in [9.17, 15) is 19.2 Å². The summed E-state index contributed by atoms with van der Waals surface area (Å²) in [5.74, 6) is -0.537. The first kappa shape index (κ1) is 33.0. The quantitative estimate of drug-likeness (QED) is 0.358. The van der Waals surface area contributed by atoms with E-state index in [2.05, 4.69) is 25.7 Å². The number of aryl methyl sites for hydroxylation is 2. The predicted molar refractivity (Wildman–Crippen MR) is 152 cm³/mol. The summed E-state index contributed by atoms with van der Waals surface area (Å²) in [6.07, 6.45) is 2.05. The van der Waals surface area contributed by atoms with Gasteiger partial charge in [-0.25, -0.2) is 9.59 Å². The van der Waals surface area contributed by atoms with Gasteiger partial charge in [0.25, 0.3) is 0 Å². The largest absolute Gasteiger partial charge is 0.444 e. The lowest BCUT2D eigenvalue weighted by atomic mass is 10.2. The minimum Gasteiger partial charge on any atom is -0.444 e. The molecule has 2 aromatic rings. The maximum absolute atomic E-state index is 12.3. The van der Waals surface area contributed by atoms with Gasteiger partial charge in [0.15, 0.2) is 5.78 Å². The number of likely N-dealkylation sites (N-methyl/N-ethyl adjacent to an activating group) is 2. The van der Waals surface area contributed by atoms with E-state index in [-0.39, 0.29) is 25.3 Å². The van der Waals surface area contributed by atoms with Gasteiger partial charge in [0.1, 0.15) is 32.8 Å². The Morgan fingerprint density at radius 3 is 1.75 bits per heavy atom. The molecular weight excluding hydrogens is 558 g/mol. The Hall–Kier alpha value is -3.20. The zero-order valence-electron chi connectivity index (χ0n) is 24.4. The summed E-state index contributed by atoms with van der Waals surface area (Å²) in [6.45, 7) is 10.4. The number of amides is 3. The van der Waals surface area contributed by atoms with Crippen LogP contribution < -0.4 is 5.32 Å². The summed E-state index contributed by atoms with van der Waals surface area (Å²) >= 11 is 2.67. The average Bonchev–Trinajstić information content (AvgIpc) is 3.43. The molecule has 0 spiro atoms. The number of hydrogen-bond acceptors (Lipinski definition) is 12. The van der Waals surface area contributed by atoms with Crippen molar-refractivity contribution in [2.24, 2.45) is 0 Å². The molecule has 0 fully saturated rings. The second-order valence-corrected chi connectivity index (χ2v) is 13.4. The second-order valence-electron chi connectivity index (χ2n) is 11.2. The Labute approximate surface area is 242 Å². The maximum atomic E-state index is 12.3. The number of carbonyl (C=O) groups is 4. The van der Waals surface area contributed by atoms with Gasteiger partial charge < -0.3 is 19.3 Å². The molecule has 1 N–H and O–H groups in total. The molecule has 0 saturated carbocycles. The number of aromatic nitrogens is 4. The number of nitrogens with zero attached hydrogens (tertiary/aromatic N) is 6.